The maximum atomic E-state index is 14.8. The highest BCUT2D eigenvalue weighted by atomic mass is 35.5. The van der Waals surface area contributed by atoms with E-state index in [1.807, 2.05) is 24.3 Å². The molecule has 52 heavy (non-hydrogen) atoms. The third kappa shape index (κ3) is 7.60. The minimum absolute atomic E-state index is 0.0286. The summed E-state index contributed by atoms with van der Waals surface area (Å²) < 4.78 is 14.8. The van der Waals surface area contributed by atoms with Crippen molar-refractivity contribution in [2.24, 2.45) is 10.9 Å². The van der Waals surface area contributed by atoms with E-state index in [1.165, 1.54) is 29.2 Å². The number of carboxylic acid groups (broad SMARTS) is 2. The lowest BCUT2D eigenvalue weighted by molar-refractivity contribution is -0.149. The first-order valence-corrected chi connectivity index (χ1v) is 17.2. The van der Waals surface area contributed by atoms with Crippen LogP contribution in [0.5, 0.6) is 0 Å². The number of amides is 2. The molecule has 14 heteroatoms. The lowest BCUT2D eigenvalue weighted by atomic mass is 9.82. The van der Waals surface area contributed by atoms with E-state index in [-0.39, 0.29) is 72.3 Å². The van der Waals surface area contributed by atoms with Gasteiger partial charge in [0.15, 0.2) is 11.6 Å². The second-order valence-corrected chi connectivity index (χ2v) is 13.3. The van der Waals surface area contributed by atoms with Gasteiger partial charge in [-0.1, -0.05) is 59.2 Å². The first kappa shape index (κ1) is 36.4. The van der Waals surface area contributed by atoms with Gasteiger partial charge >= 0.3 is 11.9 Å². The van der Waals surface area contributed by atoms with Crippen molar-refractivity contribution in [3.63, 3.8) is 0 Å². The van der Waals surface area contributed by atoms with Crippen LogP contribution in [-0.4, -0.2) is 87.0 Å². The zero-order chi connectivity index (χ0) is 37.1. The number of nitrogens with two attached hydrogens (primary N) is 1. The maximum Gasteiger partial charge on any atom is 0.335 e. The van der Waals surface area contributed by atoms with Gasteiger partial charge in [-0.25, -0.2) is 9.18 Å². The van der Waals surface area contributed by atoms with E-state index in [0.29, 0.717) is 30.5 Å². The van der Waals surface area contributed by atoms with Crippen molar-refractivity contribution in [2.75, 3.05) is 19.6 Å². The Morgan fingerprint density at radius 2 is 1.71 bits per heavy atom. The van der Waals surface area contributed by atoms with Gasteiger partial charge in [-0.2, -0.15) is 0 Å². The standard InChI is InChI=1S/C38H36ClFN4O8/c39-28-6-2-5-27(34(28)40)30-20-32(52-42-30)37(49)44-18-15-25-24(22-13-16-43(17-14-22)36(48)29(41)11-12-33(46)47)3-1-4-26(25)35(44)31(45)19-21-7-9-23(10-8-21)38(50)51/h1-10,13,29,32,35H,11-12,14-20,41H2,(H,46,47)(H,50,51)/t29-,32+,35-/m0/s1. The van der Waals surface area contributed by atoms with Crippen molar-refractivity contribution >= 4 is 52.4 Å². The third-order valence-corrected chi connectivity index (χ3v) is 9.94. The van der Waals surface area contributed by atoms with Crippen molar-refractivity contribution in [2.45, 2.75) is 56.7 Å². The van der Waals surface area contributed by atoms with Crippen LogP contribution in [0.3, 0.4) is 0 Å². The number of oxime groups is 1. The Morgan fingerprint density at radius 1 is 0.981 bits per heavy atom. The third-order valence-electron chi connectivity index (χ3n) is 9.65. The van der Waals surface area contributed by atoms with E-state index in [0.717, 1.165) is 16.7 Å². The summed E-state index contributed by atoms with van der Waals surface area (Å²) in [5.74, 6) is -3.88. The summed E-state index contributed by atoms with van der Waals surface area (Å²) in [5.41, 5.74) is 10.4. The molecular formula is C38H36ClFN4O8. The summed E-state index contributed by atoms with van der Waals surface area (Å²) in [4.78, 5) is 72.2. The van der Waals surface area contributed by atoms with Crippen molar-refractivity contribution in [1.29, 1.82) is 0 Å². The number of benzene rings is 3. The SMILES string of the molecule is N[C@@H](CCC(=O)O)C(=O)N1CC=C(c2cccc3c2CCN(C(=O)[C@H]2CC(c4cccc(Cl)c4F)=NO2)[C@@H]3C(=O)Cc2ccc(C(=O)O)cc2)CC1. The molecule has 3 aliphatic rings. The molecule has 0 saturated heterocycles. The summed E-state index contributed by atoms with van der Waals surface area (Å²) in [5, 5.41) is 22.2. The molecule has 3 aliphatic heterocycles. The fourth-order valence-electron chi connectivity index (χ4n) is 6.95. The largest absolute Gasteiger partial charge is 0.481 e. The Labute approximate surface area is 303 Å². The van der Waals surface area contributed by atoms with Crippen molar-refractivity contribution < 1.29 is 43.4 Å². The fourth-order valence-corrected chi connectivity index (χ4v) is 7.12. The van der Waals surface area contributed by atoms with Gasteiger partial charge in [-0.05, 0) is 71.4 Å². The zero-order valence-electron chi connectivity index (χ0n) is 28.0. The number of ketones is 1. The predicted octanol–water partition coefficient (Wildman–Crippen LogP) is 4.42. The molecule has 0 fully saturated rings. The number of carbonyl (C=O) groups excluding carboxylic acids is 3. The van der Waals surface area contributed by atoms with Crippen LogP contribution in [0, 0.1) is 5.82 Å². The highest BCUT2D eigenvalue weighted by Crippen LogP contribution is 2.38. The maximum absolute atomic E-state index is 14.8. The molecule has 0 bridgehead atoms. The van der Waals surface area contributed by atoms with Crippen molar-refractivity contribution in [3.8, 4) is 0 Å². The number of nitrogens with zero attached hydrogens (tertiary/aromatic N) is 3. The van der Waals surface area contributed by atoms with Crippen LogP contribution >= 0.6 is 11.6 Å². The molecule has 12 nitrogen and oxygen atoms in total. The lowest BCUT2D eigenvalue weighted by Crippen LogP contribution is -2.48. The minimum atomic E-state index is -1.10. The van der Waals surface area contributed by atoms with Gasteiger partial charge in [0.1, 0.15) is 6.04 Å². The normalized spacial score (nSPS) is 18.8. The first-order chi connectivity index (χ1) is 24.9. The Kier molecular flexibility index (Phi) is 10.8. The molecular weight excluding hydrogens is 695 g/mol. The van der Waals surface area contributed by atoms with Gasteiger partial charge in [0.05, 0.1) is 22.3 Å². The van der Waals surface area contributed by atoms with Crippen LogP contribution in [0.4, 0.5) is 4.39 Å². The second kappa shape index (κ2) is 15.5. The highest BCUT2D eigenvalue weighted by molar-refractivity contribution is 6.31. The molecule has 0 saturated carbocycles. The first-order valence-electron chi connectivity index (χ1n) is 16.8. The Hall–Kier alpha value is -5.40. The minimum Gasteiger partial charge on any atom is -0.481 e. The Balaban J connectivity index is 1.27. The van der Waals surface area contributed by atoms with E-state index in [9.17, 15) is 33.5 Å². The van der Waals surface area contributed by atoms with E-state index < -0.39 is 41.9 Å². The van der Waals surface area contributed by atoms with E-state index in [4.69, 9.17) is 27.3 Å². The van der Waals surface area contributed by atoms with Crippen molar-refractivity contribution in [3.05, 3.63) is 111 Å². The van der Waals surface area contributed by atoms with Crippen LogP contribution in [0.2, 0.25) is 5.02 Å². The molecule has 0 aliphatic carbocycles. The summed E-state index contributed by atoms with van der Waals surface area (Å²) in [7, 11) is 0. The zero-order valence-corrected chi connectivity index (χ0v) is 28.7. The summed E-state index contributed by atoms with van der Waals surface area (Å²) >= 11 is 5.97. The number of Topliss-reactive ketones (excluding diaryl/α,β-unsaturated/α-hetero) is 1. The Bertz CT molecular complexity index is 2000. The van der Waals surface area contributed by atoms with Gasteiger partial charge in [0.2, 0.25) is 12.0 Å². The fraction of sp³-hybridized carbons (Fsp3) is 0.316. The smallest absolute Gasteiger partial charge is 0.335 e. The molecule has 0 unspecified atom stereocenters. The quantitative estimate of drug-likeness (QED) is 0.258. The number of fused-ring (bicyclic) bond motifs is 1. The van der Waals surface area contributed by atoms with Gasteiger partial charge < -0.3 is 30.6 Å². The predicted molar refractivity (Wildman–Crippen MR) is 188 cm³/mol. The average Bonchev–Trinajstić information content (AvgIpc) is 3.64. The summed E-state index contributed by atoms with van der Waals surface area (Å²) in [6.07, 6.45) is 1.47. The van der Waals surface area contributed by atoms with Gasteiger partial charge in [0.25, 0.3) is 5.91 Å². The number of hydrogen-bond acceptors (Lipinski definition) is 8. The van der Waals surface area contributed by atoms with Crippen LogP contribution < -0.4 is 5.73 Å². The monoisotopic (exact) mass is 730 g/mol. The van der Waals surface area contributed by atoms with Crippen molar-refractivity contribution in [1.82, 2.24) is 9.80 Å². The number of aliphatic carboxylic acids is 1. The molecule has 0 aromatic heterocycles. The van der Waals surface area contributed by atoms with Crippen LogP contribution in [-0.2, 0) is 36.9 Å². The van der Waals surface area contributed by atoms with Crippen LogP contribution in [0.1, 0.15) is 69.9 Å². The second-order valence-electron chi connectivity index (χ2n) is 12.9. The molecule has 3 aromatic carbocycles. The van der Waals surface area contributed by atoms with E-state index >= 15 is 0 Å². The molecule has 0 radical (unpaired) electrons. The topological polar surface area (TPSA) is 180 Å². The lowest BCUT2D eigenvalue weighted by Gasteiger charge is -2.38. The number of aromatic carboxylic acids is 1. The van der Waals surface area contributed by atoms with Gasteiger partial charge in [0, 0.05) is 44.5 Å². The van der Waals surface area contributed by atoms with Gasteiger partial charge in [-0.3, -0.25) is 19.2 Å². The van der Waals surface area contributed by atoms with Crippen LogP contribution in [0.25, 0.3) is 5.57 Å². The van der Waals surface area contributed by atoms with Crippen LogP contribution in [0.15, 0.2) is 71.9 Å². The molecule has 3 atom stereocenters. The number of halogens is 2. The van der Waals surface area contributed by atoms with Gasteiger partial charge in [-0.15, -0.1) is 0 Å². The number of carbonyl (C=O) groups is 5. The van der Waals surface area contributed by atoms with E-state index in [1.54, 1.807) is 23.1 Å². The molecule has 3 heterocycles. The number of hydrogen-bond donors (Lipinski definition) is 3. The summed E-state index contributed by atoms with van der Waals surface area (Å²) in [6.45, 7) is 0.837. The average molecular weight is 731 g/mol. The number of rotatable bonds is 11. The highest BCUT2D eigenvalue weighted by Gasteiger charge is 2.42. The molecule has 4 N–H and O–H groups in total. The Morgan fingerprint density at radius 3 is 2.40 bits per heavy atom. The number of carboxylic acids is 2. The van der Waals surface area contributed by atoms with E-state index in [2.05, 4.69) is 5.16 Å². The summed E-state index contributed by atoms with van der Waals surface area (Å²) in [6, 6.07) is 14.1. The molecule has 0 spiro atoms. The molecule has 2 amide bonds. The molecule has 3 aromatic rings. The molecule has 6 rings (SSSR count). The molecule has 270 valence electrons.